The topological polar surface area (TPSA) is 97.4 Å². The lowest BCUT2D eigenvalue weighted by Crippen LogP contribution is -2.56. The first-order chi connectivity index (χ1) is 19.5. The van der Waals surface area contributed by atoms with Gasteiger partial charge in [-0.2, -0.15) is 0 Å². The van der Waals surface area contributed by atoms with Crippen molar-refractivity contribution < 1.29 is 41.8 Å². The third-order valence-electron chi connectivity index (χ3n) is 7.06. The summed E-state index contributed by atoms with van der Waals surface area (Å²) >= 11 is 6.49. The highest BCUT2D eigenvalue weighted by Gasteiger charge is 2.49. The number of likely N-dealkylation sites (tertiary alicyclic amines) is 1. The summed E-state index contributed by atoms with van der Waals surface area (Å²) in [7, 11) is 2.67. The highest BCUT2D eigenvalue weighted by atomic mass is 35.5. The first-order valence-electron chi connectivity index (χ1n) is 13.0. The normalized spacial score (nSPS) is 20.7. The van der Waals surface area contributed by atoms with Crippen LogP contribution in [0.2, 0.25) is 5.02 Å². The Hall–Kier alpha value is -3.35. The molecule has 9 nitrogen and oxygen atoms in total. The van der Waals surface area contributed by atoms with Gasteiger partial charge in [-0.05, 0) is 24.3 Å². The van der Waals surface area contributed by atoms with Crippen LogP contribution < -0.4 is 10.2 Å². The molecule has 3 unspecified atom stereocenters. The minimum Gasteiger partial charge on any atom is -0.453 e. The summed E-state index contributed by atoms with van der Waals surface area (Å²) in [5.41, 5.74) is 0.188. The Bertz CT molecular complexity index is 1260. The first kappa shape index (κ1) is 30.6. The number of hydrogen-bond acceptors (Lipinski definition) is 6. The Morgan fingerprint density at radius 1 is 1.12 bits per heavy atom. The van der Waals surface area contributed by atoms with Crippen molar-refractivity contribution >= 4 is 35.2 Å². The van der Waals surface area contributed by atoms with Crippen molar-refractivity contribution in [1.82, 2.24) is 10.2 Å². The van der Waals surface area contributed by atoms with Crippen LogP contribution in [0.5, 0.6) is 0 Å². The highest BCUT2D eigenvalue weighted by Crippen LogP contribution is 2.39. The third-order valence-corrected chi connectivity index (χ3v) is 7.41. The predicted molar refractivity (Wildman–Crippen MR) is 143 cm³/mol. The van der Waals surface area contributed by atoms with Crippen molar-refractivity contribution in [3.63, 3.8) is 0 Å². The summed E-state index contributed by atoms with van der Waals surface area (Å²) in [6.45, 7) is 0.517. The molecule has 1 saturated heterocycles. The zero-order chi connectivity index (χ0) is 29.7. The minimum absolute atomic E-state index is 0.00239. The Morgan fingerprint density at radius 3 is 2.49 bits per heavy atom. The quantitative estimate of drug-likeness (QED) is 0.409. The SMILES string of the molecule is COCCOC1CC(C(=O)N(c2cccc(F)c2)C(C(=O)NC2CC(F)(F)C2)c2ccccc2Cl)N(C(=O)OC)C1. The molecule has 2 aliphatic rings. The van der Waals surface area contributed by atoms with Crippen molar-refractivity contribution in [3.05, 3.63) is 64.9 Å². The molecule has 0 spiro atoms. The molecule has 0 radical (unpaired) electrons. The number of ether oxygens (including phenoxy) is 3. The van der Waals surface area contributed by atoms with Crippen LogP contribution in [-0.2, 0) is 23.8 Å². The summed E-state index contributed by atoms with van der Waals surface area (Å²) < 4.78 is 57.4. The first-order valence-corrected chi connectivity index (χ1v) is 13.4. The van der Waals surface area contributed by atoms with Crippen LogP contribution in [-0.4, -0.2) is 80.9 Å². The van der Waals surface area contributed by atoms with Crippen molar-refractivity contribution in [2.45, 2.75) is 49.4 Å². The third kappa shape index (κ3) is 7.11. The standard InChI is InChI=1S/C28H31ClF3N3O6/c1-39-10-11-41-20-13-23(34(16-20)27(38)40-2)26(37)35(19-7-5-6-17(30)12-19)24(21-8-3-4-9-22(21)29)25(36)33-18-14-28(31,32)15-18/h3-9,12,18,20,23-24H,10-11,13-16H2,1-2H3,(H,33,36). The van der Waals surface area contributed by atoms with Gasteiger partial charge in [-0.15, -0.1) is 0 Å². The molecule has 3 atom stereocenters. The molecule has 1 aliphatic carbocycles. The van der Waals surface area contributed by atoms with E-state index in [4.69, 9.17) is 25.8 Å². The van der Waals surface area contributed by atoms with E-state index in [9.17, 15) is 27.6 Å². The van der Waals surface area contributed by atoms with Gasteiger partial charge < -0.3 is 19.5 Å². The Balaban J connectivity index is 1.76. The van der Waals surface area contributed by atoms with Crippen LogP contribution in [0.3, 0.4) is 0 Å². The monoisotopic (exact) mass is 597 g/mol. The van der Waals surface area contributed by atoms with Crippen molar-refractivity contribution in [3.8, 4) is 0 Å². The Morgan fingerprint density at radius 2 is 1.85 bits per heavy atom. The number of anilines is 1. The van der Waals surface area contributed by atoms with Gasteiger partial charge in [0.15, 0.2) is 0 Å². The van der Waals surface area contributed by atoms with E-state index < -0.39 is 66.7 Å². The molecule has 2 fully saturated rings. The largest absolute Gasteiger partial charge is 0.453 e. The van der Waals surface area contributed by atoms with E-state index >= 15 is 0 Å². The van der Waals surface area contributed by atoms with E-state index in [0.29, 0.717) is 0 Å². The van der Waals surface area contributed by atoms with Gasteiger partial charge in [0.1, 0.15) is 17.9 Å². The molecule has 4 rings (SSSR count). The van der Waals surface area contributed by atoms with Crippen LogP contribution >= 0.6 is 11.6 Å². The fourth-order valence-electron chi connectivity index (χ4n) is 5.10. The summed E-state index contributed by atoms with van der Waals surface area (Å²) in [6.07, 6.45) is -2.41. The molecular weight excluding hydrogens is 567 g/mol. The molecule has 0 aromatic heterocycles. The number of benzene rings is 2. The molecular formula is C28H31ClF3N3O6. The molecule has 222 valence electrons. The molecule has 1 aliphatic heterocycles. The van der Waals surface area contributed by atoms with Crippen LogP contribution in [0.4, 0.5) is 23.7 Å². The van der Waals surface area contributed by atoms with Crippen LogP contribution in [0, 0.1) is 5.82 Å². The molecule has 1 heterocycles. The number of rotatable bonds is 10. The number of carbonyl (C=O) groups is 3. The predicted octanol–water partition coefficient (Wildman–Crippen LogP) is 4.34. The number of methoxy groups -OCH3 is 2. The molecule has 0 bridgehead atoms. The molecule has 2 aromatic carbocycles. The van der Waals surface area contributed by atoms with E-state index in [1.54, 1.807) is 12.1 Å². The molecule has 13 heteroatoms. The number of nitrogens with one attached hydrogen (secondary N) is 1. The lowest BCUT2D eigenvalue weighted by Gasteiger charge is -2.39. The Labute approximate surface area is 240 Å². The average molecular weight is 598 g/mol. The molecule has 3 amide bonds. The second kappa shape index (κ2) is 13.1. The van der Waals surface area contributed by atoms with Gasteiger partial charge in [0.25, 0.3) is 11.8 Å². The van der Waals surface area contributed by atoms with Gasteiger partial charge in [-0.1, -0.05) is 35.9 Å². The smallest absolute Gasteiger partial charge is 0.410 e. The minimum atomic E-state index is -2.90. The second-order valence-electron chi connectivity index (χ2n) is 9.94. The fraction of sp³-hybridized carbons (Fsp3) is 0.464. The number of halogens is 4. The van der Waals surface area contributed by atoms with Gasteiger partial charge in [-0.25, -0.2) is 18.0 Å². The lowest BCUT2D eigenvalue weighted by molar-refractivity contribution is -0.133. The summed E-state index contributed by atoms with van der Waals surface area (Å²) in [5.74, 6) is -5.11. The molecule has 1 saturated carbocycles. The van der Waals surface area contributed by atoms with E-state index in [0.717, 1.165) is 11.0 Å². The molecule has 2 aromatic rings. The zero-order valence-electron chi connectivity index (χ0n) is 22.5. The number of hydrogen-bond donors (Lipinski definition) is 1. The van der Waals surface area contributed by atoms with E-state index in [-0.39, 0.29) is 42.5 Å². The maximum atomic E-state index is 14.5. The lowest BCUT2D eigenvalue weighted by atomic mass is 9.87. The van der Waals surface area contributed by atoms with Gasteiger partial charge in [0.05, 0.1) is 33.0 Å². The maximum absolute atomic E-state index is 14.5. The zero-order valence-corrected chi connectivity index (χ0v) is 23.3. The second-order valence-corrected chi connectivity index (χ2v) is 10.3. The van der Waals surface area contributed by atoms with Crippen LogP contribution in [0.25, 0.3) is 0 Å². The van der Waals surface area contributed by atoms with Crippen LogP contribution in [0.1, 0.15) is 30.9 Å². The number of amides is 3. The summed E-state index contributed by atoms with van der Waals surface area (Å²) in [4.78, 5) is 43.1. The summed E-state index contributed by atoms with van der Waals surface area (Å²) in [5, 5.41) is 2.71. The highest BCUT2D eigenvalue weighted by molar-refractivity contribution is 6.31. The number of nitrogens with zero attached hydrogens (tertiary/aromatic N) is 2. The van der Waals surface area contributed by atoms with Gasteiger partial charge in [-0.3, -0.25) is 19.4 Å². The molecule has 1 N–H and O–H groups in total. The van der Waals surface area contributed by atoms with Gasteiger partial charge in [0.2, 0.25) is 5.91 Å². The number of carbonyl (C=O) groups excluding carboxylic acids is 3. The van der Waals surface area contributed by atoms with Crippen molar-refractivity contribution in [1.29, 1.82) is 0 Å². The van der Waals surface area contributed by atoms with Gasteiger partial charge >= 0.3 is 6.09 Å². The van der Waals surface area contributed by atoms with Crippen molar-refractivity contribution in [2.24, 2.45) is 0 Å². The average Bonchev–Trinajstić information content (AvgIpc) is 3.35. The van der Waals surface area contributed by atoms with E-state index in [1.165, 1.54) is 49.5 Å². The maximum Gasteiger partial charge on any atom is 0.410 e. The fourth-order valence-corrected chi connectivity index (χ4v) is 5.34. The van der Waals surface area contributed by atoms with Gasteiger partial charge in [0, 0.05) is 48.7 Å². The Kier molecular flexibility index (Phi) is 9.77. The molecule has 41 heavy (non-hydrogen) atoms. The number of alkyl halides is 2. The summed E-state index contributed by atoms with van der Waals surface area (Å²) in [6, 6.07) is 7.81. The van der Waals surface area contributed by atoms with E-state index in [2.05, 4.69) is 5.32 Å². The van der Waals surface area contributed by atoms with Crippen molar-refractivity contribution in [2.75, 3.05) is 38.9 Å². The van der Waals surface area contributed by atoms with Crippen LogP contribution in [0.15, 0.2) is 48.5 Å². The van der Waals surface area contributed by atoms with E-state index in [1.807, 2.05) is 0 Å².